The highest BCUT2D eigenvalue weighted by Gasteiger charge is 2.42. The van der Waals surface area contributed by atoms with Crippen molar-refractivity contribution in [3.63, 3.8) is 0 Å². The fourth-order valence-electron chi connectivity index (χ4n) is 5.07. The zero-order valence-corrected chi connectivity index (χ0v) is 16.3. The number of carbonyl (C=O) groups excluding carboxylic acids is 1. The summed E-state index contributed by atoms with van der Waals surface area (Å²) in [6.07, 6.45) is 7.23. The third-order valence-corrected chi connectivity index (χ3v) is 6.81. The molecule has 3 atom stereocenters. The Morgan fingerprint density at radius 1 is 1.04 bits per heavy atom. The van der Waals surface area contributed by atoms with Gasteiger partial charge in [-0.05, 0) is 62.4 Å². The van der Waals surface area contributed by atoms with Crippen LogP contribution < -0.4 is 10.2 Å². The van der Waals surface area contributed by atoms with Crippen molar-refractivity contribution >= 4 is 23.2 Å². The number of rotatable bonds is 5. The molecule has 1 saturated carbocycles. The van der Waals surface area contributed by atoms with Crippen molar-refractivity contribution in [1.29, 1.82) is 0 Å². The van der Waals surface area contributed by atoms with Crippen molar-refractivity contribution < 1.29 is 4.79 Å². The number of nitrogens with zero attached hydrogens (tertiary/aromatic N) is 2. The molecule has 1 amide bonds. The maximum atomic E-state index is 12.3. The molecule has 0 radical (unpaired) electrons. The smallest absolute Gasteiger partial charge is 0.223 e. The summed E-state index contributed by atoms with van der Waals surface area (Å²) in [4.78, 5) is 17.3. The lowest BCUT2D eigenvalue weighted by atomic mass is 9.78. The van der Waals surface area contributed by atoms with E-state index in [1.54, 1.807) is 0 Å². The summed E-state index contributed by atoms with van der Waals surface area (Å²) < 4.78 is 0. The monoisotopic (exact) mass is 375 g/mol. The van der Waals surface area contributed by atoms with Gasteiger partial charge in [0, 0.05) is 48.8 Å². The molecule has 3 aliphatic rings. The van der Waals surface area contributed by atoms with Crippen LogP contribution >= 0.6 is 11.6 Å². The largest absolute Gasteiger partial charge is 0.369 e. The quantitative estimate of drug-likeness (QED) is 0.854. The summed E-state index contributed by atoms with van der Waals surface area (Å²) >= 11 is 5.98. The number of carbonyl (C=O) groups is 1. The molecule has 2 aliphatic heterocycles. The molecule has 142 valence electrons. The second-order valence-corrected chi connectivity index (χ2v) is 8.55. The average Bonchev–Trinajstić information content (AvgIpc) is 2.99. The summed E-state index contributed by atoms with van der Waals surface area (Å²) in [7, 11) is 0. The molecule has 4 nitrogen and oxygen atoms in total. The number of hydrogen-bond donors (Lipinski definition) is 1. The first kappa shape index (κ1) is 18.1. The molecule has 1 aliphatic carbocycles. The van der Waals surface area contributed by atoms with Gasteiger partial charge in [-0.15, -0.1) is 0 Å². The van der Waals surface area contributed by atoms with Crippen LogP contribution in [0.25, 0.3) is 0 Å². The molecule has 4 rings (SSSR count). The van der Waals surface area contributed by atoms with Crippen molar-refractivity contribution in [2.45, 2.75) is 44.6 Å². The Morgan fingerprint density at radius 2 is 1.77 bits per heavy atom. The van der Waals surface area contributed by atoms with Crippen LogP contribution in [-0.4, -0.2) is 49.6 Å². The van der Waals surface area contributed by atoms with Gasteiger partial charge in [-0.1, -0.05) is 24.4 Å². The fraction of sp³-hybridized carbons (Fsp3) is 0.667. The molecule has 26 heavy (non-hydrogen) atoms. The molecule has 1 aromatic carbocycles. The van der Waals surface area contributed by atoms with Gasteiger partial charge in [0.05, 0.1) is 0 Å². The maximum Gasteiger partial charge on any atom is 0.223 e. The van der Waals surface area contributed by atoms with Crippen LogP contribution in [0.4, 0.5) is 5.69 Å². The number of amides is 1. The van der Waals surface area contributed by atoms with Crippen molar-refractivity contribution in [2.24, 2.45) is 11.8 Å². The third kappa shape index (κ3) is 4.01. The molecular weight excluding hydrogens is 346 g/mol. The Bertz CT molecular complexity index is 612. The minimum absolute atomic E-state index is 0.274. The zero-order chi connectivity index (χ0) is 17.9. The second-order valence-electron chi connectivity index (χ2n) is 8.12. The van der Waals surface area contributed by atoms with E-state index in [0.717, 1.165) is 50.6 Å². The van der Waals surface area contributed by atoms with E-state index in [1.807, 2.05) is 12.1 Å². The molecule has 0 aromatic heterocycles. The first-order valence-electron chi connectivity index (χ1n) is 10.2. The Hall–Kier alpha value is -1.26. The third-order valence-electron chi connectivity index (χ3n) is 6.55. The number of halogens is 1. The second kappa shape index (κ2) is 8.18. The van der Waals surface area contributed by atoms with Gasteiger partial charge < -0.3 is 10.2 Å². The van der Waals surface area contributed by atoms with Crippen molar-refractivity contribution in [1.82, 2.24) is 10.2 Å². The predicted molar refractivity (Wildman–Crippen MR) is 107 cm³/mol. The van der Waals surface area contributed by atoms with Gasteiger partial charge in [-0.3, -0.25) is 9.69 Å². The van der Waals surface area contributed by atoms with E-state index in [2.05, 4.69) is 27.2 Å². The first-order valence-corrected chi connectivity index (χ1v) is 10.6. The minimum Gasteiger partial charge on any atom is -0.369 e. The average molecular weight is 376 g/mol. The standard InChI is InChI=1S/C21H30ClN3O/c22-16-7-9-17(10-8-16)25-14-12-24(13-15-25)11-3-5-19-18-4-1-2-6-20(18)23-21(19)26/h7-10,18-20H,1-6,11-15H2,(H,23,26). The normalized spacial score (nSPS) is 29.5. The molecule has 3 unspecified atom stereocenters. The lowest BCUT2D eigenvalue weighted by Gasteiger charge is -2.36. The molecule has 2 heterocycles. The molecule has 5 heteroatoms. The van der Waals surface area contributed by atoms with E-state index in [1.165, 1.54) is 31.4 Å². The van der Waals surface area contributed by atoms with Crippen LogP contribution in [0.3, 0.4) is 0 Å². The van der Waals surface area contributed by atoms with E-state index in [9.17, 15) is 4.79 Å². The van der Waals surface area contributed by atoms with E-state index in [-0.39, 0.29) is 5.92 Å². The van der Waals surface area contributed by atoms with Gasteiger partial charge in [-0.2, -0.15) is 0 Å². The zero-order valence-electron chi connectivity index (χ0n) is 15.5. The molecule has 3 fully saturated rings. The molecule has 2 saturated heterocycles. The fourth-order valence-corrected chi connectivity index (χ4v) is 5.19. The lowest BCUT2D eigenvalue weighted by Crippen LogP contribution is -2.46. The lowest BCUT2D eigenvalue weighted by molar-refractivity contribution is -0.123. The molecule has 1 N–H and O–H groups in total. The van der Waals surface area contributed by atoms with E-state index < -0.39 is 0 Å². The maximum absolute atomic E-state index is 12.3. The highest BCUT2D eigenvalue weighted by atomic mass is 35.5. The number of benzene rings is 1. The van der Waals surface area contributed by atoms with Gasteiger partial charge in [0.1, 0.15) is 0 Å². The predicted octanol–water partition coefficient (Wildman–Crippen LogP) is 3.55. The van der Waals surface area contributed by atoms with E-state index in [0.29, 0.717) is 17.9 Å². The first-order chi connectivity index (χ1) is 12.7. The molecule has 1 aromatic rings. The molecule has 0 spiro atoms. The van der Waals surface area contributed by atoms with Gasteiger partial charge in [0.2, 0.25) is 5.91 Å². The number of nitrogens with one attached hydrogen (secondary N) is 1. The van der Waals surface area contributed by atoms with Crippen LogP contribution in [0.2, 0.25) is 5.02 Å². The topological polar surface area (TPSA) is 35.6 Å². The van der Waals surface area contributed by atoms with Crippen LogP contribution in [0.15, 0.2) is 24.3 Å². The van der Waals surface area contributed by atoms with Crippen LogP contribution in [0.1, 0.15) is 38.5 Å². The summed E-state index contributed by atoms with van der Waals surface area (Å²) in [6.45, 7) is 5.46. The number of fused-ring (bicyclic) bond motifs is 1. The molecular formula is C21H30ClN3O. The van der Waals surface area contributed by atoms with Crippen LogP contribution in [0, 0.1) is 11.8 Å². The van der Waals surface area contributed by atoms with Crippen LogP contribution in [0.5, 0.6) is 0 Å². The van der Waals surface area contributed by atoms with Gasteiger partial charge >= 0.3 is 0 Å². The number of hydrogen-bond acceptors (Lipinski definition) is 3. The highest BCUT2D eigenvalue weighted by Crippen LogP contribution is 2.37. The minimum atomic E-state index is 0.274. The summed E-state index contributed by atoms with van der Waals surface area (Å²) in [5.74, 6) is 1.21. The Balaban J connectivity index is 1.20. The Morgan fingerprint density at radius 3 is 2.54 bits per heavy atom. The van der Waals surface area contributed by atoms with E-state index in [4.69, 9.17) is 11.6 Å². The highest BCUT2D eigenvalue weighted by molar-refractivity contribution is 6.30. The summed E-state index contributed by atoms with van der Waals surface area (Å²) in [5, 5.41) is 4.05. The van der Waals surface area contributed by atoms with Crippen molar-refractivity contribution in [3.8, 4) is 0 Å². The van der Waals surface area contributed by atoms with Gasteiger partial charge in [0.15, 0.2) is 0 Å². The van der Waals surface area contributed by atoms with Crippen molar-refractivity contribution in [3.05, 3.63) is 29.3 Å². The Labute approximate surface area is 161 Å². The summed E-state index contributed by atoms with van der Waals surface area (Å²) in [5.41, 5.74) is 1.26. The number of piperazine rings is 1. The SMILES string of the molecule is O=C1NC2CCCCC2C1CCCN1CCN(c2ccc(Cl)cc2)CC1. The number of anilines is 1. The molecule has 0 bridgehead atoms. The van der Waals surface area contributed by atoms with E-state index >= 15 is 0 Å². The van der Waals surface area contributed by atoms with Crippen LogP contribution in [-0.2, 0) is 4.79 Å². The summed E-state index contributed by atoms with van der Waals surface area (Å²) in [6, 6.07) is 8.63. The van der Waals surface area contributed by atoms with Gasteiger partial charge in [0.25, 0.3) is 0 Å². The Kier molecular flexibility index (Phi) is 5.70. The van der Waals surface area contributed by atoms with Gasteiger partial charge in [-0.25, -0.2) is 0 Å². The van der Waals surface area contributed by atoms with Crippen molar-refractivity contribution in [2.75, 3.05) is 37.6 Å².